The van der Waals surface area contributed by atoms with Gasteiger partial charge in [-0.05, 0) is 30.7 Å². The Bertz CT molecular complexity index is 320. The number of unbranched alkanes of at least 4 members (excludes halogenated alkanes) is 1. The maximum Gasteiger partial charge on any atom is 0.338 e. The lowest BCUT2D eigenvalue weighted by Crippen LogP contribution is -2.02. The highest BCUT2D eigenvalue weighted by Gasteiger charge is 2.05. The molecule has 1 rings (SSSR count). The topological polar surface area (TPSA) is 35.5 Å². The standard InChI is InChI=1S/C12H15O3/c1-3-4-8-15-11-7-5-6-10(9-11)12(13)14-2/h6-7,9H,3-4,8H2,1-2H3. The van der Waals surface area contributed by atoms with Crippen molar-refractivity contribution in [2.75, 3.05) is 13.7 Å². The van der Waals surface area contributed by atoms with Crippen molar-refractivity contribution >= 4 is 5.97 Å². The average molecular weight is 207 g/mol. The average Bonchev–Trinajstić information content (AvgIpc) is 2.29. The van der Waals surface area contributed by atoms with Crippen molar-refractivity contribution in [1.82, 2.24) is 0 Å². The molecule has 0 amide bonds. The monoisotopic (exact) mass is 207 g/mol. The quantitative estimate of drug-likeness (QED) is 0.549. The van der Waals surface area contributed by atoms with Crippen LogP contribution < -0.4 is 4.74 Å². The van der Waals surface area contributed by atoms with Crippen molar-refractivity contribution in [2.24, 2.45) is 0 Å². The summed E-state index contributed by atoms with van der Waals surface area (Å²) in [4.78, 5) is 11.2. The van der Waals surface area contributed by atoms with Gasteiger partial charge in [-0.1, -0.05) is 13.3 Å². The minimum absolute atomic E-state index is 0.368. The molecule has 0 atom stereocenters. The Morgan fingerprint density at radius 1 is 1.47 bits per heavy atom. The smallest absolute Gasteiger partial charge is 0.338 e. The summed E-state index contributed by atoms with van der Waals surface area (Å²) >= 11 is 0. The number of hydrogen-bond acceptors (Lipinski definition) is 3. The molecule has 3 heteroatoms. The summed E-state index contributed by atoms with van der Waals surface area (Å²) in [5.41, 5.74) is 0.464. The Kier molecular flexibility index (Phi) is 4.68. The molecule has 0 aliphatic carbocycles. The van der Waals surface area contributed by atoms with Crippen LogP contribution in [-0.2, 0) is 4.74 Å². The summed E-state index contributed by atoms with van der Waals surface area (Å²) in [6.45, 7) is 2.76. The van der Waals surface area contributed by atoms with E-state index in [9.17, 15) is 4.79 Å². The summed E-state index contributed by atoms with van der Waals surface area (Å²) < 4.78 is 10.0. The number of methoxy groups -OCH3 is 1. The Morgan fingerprint density at radius 2 is 2.27 bits per heavy atom. The van der Waals surface area contributed by atoms with E-state index in [0.29, 0.717) is 17.9 Å². The molecule has 3 nitrogen and oxygen atoms in total. The molecule has 0 heterocycles. The number of hydrogen-bond donors (Lipinski definition) is 0. The third-order valence-electron chi connectivity index (χ3n) is 1.95. The molecule has 0 N–H and O–H groups in total. The van der Waals surface area contributed by atoms with Crippen LogP contribution in [0.4, 0.5) is 0 Å². The van der Waals surface area contributed by atoms with Gasteiger partial charge in [0.25, 0.3) is 0 Å². The molecule has 0 aromatic heterocycles. The molecule has 0 fully saturated rings. The van der Waals surface area contributed by atoms with Crippen LogP contribution in [0.25, 0.3) is 0 Å². The van der Waals surface area contributed by atoms with E-state index in [0.717, 1.165) is 12.8 Å². The van der Waals surface area contributed by atoms with Crippen LogP contribution in [0.5, 0.6) is 5.75 Å². The molecule has 15 heavy (non-hydrogen) atoms. The van der Waals surface area contributed by atoms with Gasteiger partial charge in [-0.25, -0.2) is 4.79 Å². The van der Waals surface area contributed by atoms with Crippen LogP contribution in [0.15, 0.2) is 18.2 Å². The van der Waals surface area contributed by atoms with Gasteiger partial charge in [0, 0.05) is 0 Å². The Hall–Kier alpha value is -1.51. The second kappa shape index (κ2) is 6.06. The van der Waals surface area contributed by atoms with E-state index in [1.807, 2.05) is 0 Å². The number of ether oxygens (including phenoxy) is 2. The highest BCUT2D eigenvalue weighted by molar-refractivity contribution is 5.89. The van der Waals surface area contributed by atoms with Gasteiger partial charge < -0.3 is 9.47 Å². The molecule has 0 saturated heterocycles. The molecular weight excluding hydrogens is 192 g/mol. The fourth-order valence-electron chi connectivity index (χ4n) is 1.10. The minimum Gasteiger partial charge on any atom is -0.494 e. The number of carbonyl (C=O) groups is 1. The highest BCUT2D eigenvalue weighted by Crippen LogP contribution is 2.13. The van der Waals surface area contributed by atoms with Crippen molar-refractivity contribution < 1.29 is 14.3 Å². The van der Waals surface area contributed by atoms with E-state index in [4.69, 9.17) is 4.74 Å². The lowest BCUT2D eigenvalue weighted by Gasteiger charge is -2.06. The van der Waals surface area contributed by atoms with Crippen LogP contribution in [0.2, 0.25) is 0 Å². The molecule has 1 aromatic rings. The molecule has 0 spiro atoms. The summed E-state index contributed by atoms with van der Waals surface area (Å²) in [7, 11) is 1.35. The molecule has 0 saturated carbocycles. The summed E-state index contributed by atoms with van der Waals surface area (Å²) in [5.74, 6) is 0.290. The normalized spacial score (nSPS) is 9.73. The maximum atomic E-state index is 11.2. The number of esters is 1. The highest BCUT2D eigenvalue weighted by atomic mass is 16.5. The minimum atomic E-state index is -0.368. The van der Waals surface area contributed by atoms with Gasteiger partial charge in [-0.15, -0.1) is 0 Å². The first-order valence-corrected chi connectivity index (χ1v) is 5.00. The maximum absolute atomic E-state index is 11.2. The molecule has 81 valence electrons. The molecule has 0 aliphatic heterocycles. The van der Waals surface area contributed by atoms with Crippen molar-refractivity contribution in [2.45, 2.75) is 19.8 Å². The zero-order valence-electron chi connectivity index (χ0n) is 9.08. The predicted molar refractivity (Wildman–Crippen MR) is 57.0 cm³/mol. The molecule has 0 unspecified atom stereocenters. The first-order valence-electron chi connectivity index (χ1n) is 5.00. The Morgan fingerprint density at radius 3 is 2.93 bits per heavy atom. The SMILES string of the molecule is CCCCOc1c[c]cc(C(=O)OC)c1. The second-order valence-corrected chi connectivity index (χ2v) is 3.15. The van der Waals surface area contributed by atoms with Gasteiger partial charge in [-0.2, -0.15) is 0 Å². The summed E-state index contributed by atoms with van der Waals surface area (Å²) in [5, 5.41) is 0. The number of benzene rings is 1. The van der Waals surface area contributed by atoms with E-state index in [1.54, 1.807) is 18.2 Å². The predicted octanol–water partition coefficient (Wildman–Crippen LogP) is 2.45. The van der Waals surface area contributed by atoms with Crippen molar-refractivity contribution in [3.63, 3.8) is 0 Å². The van der Waals surface area contributed by atoms with Gasteiger partial charge in [0.2, 0.25) is 0 Å². The van der Waals surface area contributed by atoms with E-state index in [2.05, 4.69) is 17.7 Å². The fraction of sp³-hybridized carbons (Fsp3) is 0.417. The van der Waals surface area contributed by atoms with E-state index < -0.39 is 0 Å². The zero-order chi connectivity index (χ0) is 11.1. The number of carbonyl (C=O) groups excluding carboxylic acids is 1. The lowest BCUT2D eigenvalue weighted by atomic mass is 10.2. The lowest BCUT2D eigenvalue weighted by molar-refractivity contribution is 0.0600. The largest absolute Gasteiger partial charge is 0.494 e. The first-order chi connectivity index (χ1) is 7.27. The number of rotatable bonds is 5. The van der Waals surface area contributed by atoms with Crippen LogP contribution >= 0.6 is 0 Å². The summed E-state index contributed by atoms with van der Waals surface area (Å²) in [6, 6.07) is 7.80. The zero-order valence-corrected chi connectivity index (χ0v) is 9.08. The fourth-order valence-corrected chi connectivity index (χ4v) is 1.10. The second-order valence-electron chi connectivity index (χ2n) is 3.15. The van der Waals surface area contributed by atoms with Crippen molar-refractivity contribution in [1.29, 1.82) is 0 Å². The Balaban J connectivity index is 2.62. The van der Waals surface area contributed by atoms with Gasteiger partial charge >= 0.3 is 5.97 Å². The van der Waals surface area contributed by atoms with Crippen LogP contribution in [0, 0.1) is 6.07 Å². The van der Waals surface area contributed by atoms with E-state index in [-0.39, 0.29) is 5.97 Å². The first kappa shape index (κ1) is 11.6. The third kappa shape index (κ3) is 3.62. The summed E-state index contributed by atoms with van der Waals surface area (Å²) in [6.07, 6.45) is 2.09. The van der Waals surface area contributed by atoms with Crippen molar-refractivity contribution in [3.8, 4) is 5.75 Å². The molecule has 1 radical (unpaired) electrons. The Labute approximate surface area is 90.0 Å². The van der Waals surface area contributed by atoms with Crippen LogP contribution in [0.3, 0.4) is 0 Å². The van der Waals surface area contributed by atoms with Crippen LogP contribution in [0.1, 0.15) is 30.1 Å². The van der Waals surface area contributed by atoms with E-state index in [1.165, 1.54) is 7.11 Å². The molecule has 0 aliphatic rings. The van der Waals surface area contributed by atoms with Gasteiger partial charge in [0.15, 0.2) is 0 Å². The third-order valence-corrected chi connectivity index (χ3v) is 1.95. The van der Waals surface area contributed by atoms with Crippen molar-refractivity contribution in [3.05, 3.63) is 29.8 Å². The molecule has 0 bridgehead atoms. The molecular formula is C12H15O3. The molecule has 1 aromatic carbocycles. The van der Waals surface area contributed by atoms with Gasteiger partial charge in [0.05, 0.1) is 19.3 Å². The van der Waals surface area contributed by atoms with Gasteiger partial charge in [-0.3, -0.25) is 0 Å². The van der Waals surface area contributed by atoms with E-state index >= 15 is 0 Å². The van der Waals surface area contributed by atoms with Gasteiger partial charge in [0.1, 0.15) is 5.75 Å². The van der Waals surface area contributed by atoms with Crippen LogP contribution in [-0.4, -0.2) is 19.7 Å².